The van der Waals surface area contributed by atoms with E-state index in [9.17, 15) is 0 Å². The van der Waals surface area contributed by atoms with E-state index in [0.29, 0.717) is 12.1 Å². The van der Waals surface area contributed by atoms with E-state index in [-0.39, 0.29) is 0 Å². The Morgan fingerprint density at radius 2 is 2.06 bits per heavy atom. The summed E-state index contributed by atoms with van der Waals surface area (Å²) in [5, 5.41) is 7.16. The van der Waals surface area contributed by atoms with Gasteiger partial charge < -0.3 is 10.6 Å². The van der Waals surface area contributed by atoms with Crippen molar-refractivity contribution in [3.8, 4) is 0 Å². The van der Waals surface area contributed by atoms with Gasteiger partial charge in [-0.2, -0.15) is 0 Å². The van der Waals surface area contributed by atoms with Crippen LogP contribution in [0.5, 0.6) is 0 Å². The van der Waals surface area contributed by atoms with Gasteiger partial charge in [0.1, 0.15) is 0 Å². The van der Waals surface area contributed by atoms with Crippen LogP contribution in [0.25, 0.3) is 0 Å². The van der Waals surface area contributed by atoms with Gasteiger partial charge in [0.15, 0.2) is 0 Å². The van der Waals surface area contributed by atoms with Crippen LogP contribution in [0.1, 0.15) is 19.8 Å². The van der Waals surface area contributed by atoms with E-state index >= 15 is 0 Å². The van der Waals surface area contributed by atoms with E-state index < -0.39 is 0 Å². The minimum absolute atomic E-state index is 0.494. The SMILES string of the molecule is CC1CC2=C[C@H](Nc3ccccc3)CC1N2. The Morgan fingerprint density at radius 3 is 2.81 bits per heavy atom. The minimum atomic E-state index is 0.494. The fraction of sp³-hybridized carbons (Fsp3) is 0.429. The average Bonchev–Trinajstić information content (AvgIpc) is 2.54. The molecule has 3 rings (SSSR count). The first kappa shape index (κ1) is 9.76. The van der Waals surface area contributed by atoms with Crippen molar-refractivity contribution in [3.63, 3.8) is 0 Å². The van der Waals surface area contributed by atoms with Gasteiger partial charge in [-0.15, -0.1) is 0 Å². The maximum absolute atomic E-state index is 3.59. The van der Waals surface area contributed by atoms with Crippen LogP contribution in [-0.4, -0.2) is 12.1 Å². The number of hydrogen-bond donors (Lipinski definition) is 2. The van der Waals surface area contributed by atoms with Crippen molar-refractivity contribution >= 4 is 5.69 Å². The lowest BCUT2D eigenvalue weighted by atomic mass is 9.98. The Balaban J connectivity index is 1.72. The number of hydrogen-bond acceptors (Lipinski definition) is 2. The summed E-state index contributed by atoms with van der Waals surface area (Å²) in [6, 6.07) is 11.6. The second kappa shape index (κ2) is 3.85. The van der Waals surface area contributed by atoms with E-state index in [1.54, 1.807) is 0 Å². The molecule has 2 N–H and O–H groups in total. The van der Waals surface area contributed by atoms with E-state index in [4.69, 9.17) is 0 Å². The molecule has 0 radical (unpaired) electrons. The number of rotatable bonds is 2. The van der Waals surface area contributed by atoms with E-state index in [1.165, 1.54) is 24.2 Å². The van der Waals surface area contributed by atoms with E-state index in [1.807, 2.05) is 0 Å². The molecule has 2 heterocycles. The van der Waals surface area contributed by atoms with Crippen LogP contribution >= 0.6 is 0 Å². The molecule has 1 aromatic rings. The predicted octanol–water partition coefficient (Wildman–Crippen LogP) is 2.75. The first-order valence-corrected chi connectivity index (χ1v) is 6.10. The third-order valence-electron chi connectivity index (χ3n) is 3.64. The number of anilines is 1. The second-order valence-electron chi connectivity index (χ2n) is 4.98. The Hall–Kier alpha value is -1.44. The van der Waals surface area contributed by atoms with Crippen LogP contribution in [0.4, 0.5) is 5.69 Å². The van der Waals surface area contributed by atoms with Gasteiger partial charge in [0, 0.05) is 23.5 Å². The molecule has 0 aliphatic carbocycles. The van der Waals surface area contributed by atoms with E-state index in [0.717, 1.165) is 5.92 Å². The first-order valence-electron chi connectivity index (χ1n) is 6.10. The van der Waals surface area contributed by atoms with Crippen LogP contribution in [-0.2, 0) is 0 Å². The third-order valence-corrected chi connectivity index (χ3v) is 3.64. The molecule has 1 aromatic carbocycles. The minimum Gasteiger partial charge on any atom is -0.385 e. The first-order chi connectivity index (χ1) is 7.81. The fourth-order valence-corrected chi connectivity index (χ4v) is 2.77. The Kier molecular flexibility index (Phi) is 2.35. The highest BCUT2D eigenvalue weighted by Crippen LogP contribution is 2.31. The topological polar surface area (TPSA) is 24.1 Å². The molecule has 1 fully saturated rings. The van der Waals surface area contributed by atoms with Crippen molar-refractivity contribution < 1.29 is 0 Å². The van der Waals surface area contributed by atoms with Crippen molar-refractivity contribution in [2.75, 3.05) is 5.32 Å². The van der Waals surface area contributed by atoms with E-state index in [2.05, 4.69) is 54.0 Å². The number of para-hydroxylation sites is 1. The Morgan fingerprint density at radius 1 is 1.25 bits per heavy atom. The summed E-state index contributed by atoms with van der Waals surface area (Å²) < 4.78 is 0. The zero-order valence-corrected chi connectivity index (χ0v) is 9.61. The molecule has 3 atom stereocenters. The van der Waals surface area contributed by atoms with Crippen LogP contribution in [0, 0.1) is 5.92 Å². The highest BCUT2D eigenvalue weighted by atomic mass is 15.0. The van der Waals surface area contributed by atoms with Crippen molar-refractivity contribution in [2.45, 2.75) is 31.8 Å². The fourth-order valence-electron chi connectivity index (χ4n) is 2.77. The van der Waals surface area contributed by atoms with Gasteiger partial charge in [-0.05, 0) is 37.0 Å². The zero-order chi connectivity index (χ0) is 11.0. The lowest BCUT2D eigenvalue weighted by molar-refractivity contribution is 0.440. The summed E-state index contributed by atoms with van der Waals surface area (Å²) in [6.07, 6.45) is 4.77. The molecule has 84 valence electrons. The molecule has 2 aliphatic heterocycles. The summed E-state index contributed by atoms with van der Waals surface area (Å²) in [4.78, 5) is 0. The molecule has 2 unspecified atom stereocenters. The quantitative estimate of drug-likeness (QED) is 0.791. The predicted molar refractivity (Wildman–Crippen MR) is 67.3 cm³/mol. The van der Waals surface area contributed by atoms with Gasteiger partial charge in [0.25, 0.3) is 0 Å². The number of allylic oxidation sites excluding steroid dienone is 1. The molecule has 16 heavy (non-hydrogen) atoms. The summed E-state index contributed by atoms with van der Waals surface area (Å²) in [6.45, 7) is 2.34. The maximum atomic E-state index is 3.59. The van der Waals surface area contributed by atoms with Crippen LogP contribution < -0.4 is 10.6 Å². The number of fused-ring (bicyclic) bond motifs is 2. The molecular formula is C14H18N2. The molecule has 2 nitrogen and oxygen atoms in total. The largest absolute Gasteiger partial charge is 0.385 e. The van der Waals surface area contributed by atoms with Crippen molar-refractivity contribution in [1.82, 2.24) is 5.32 Å². The molecule has 0 spiro atoms. The van der Waals surface area contributed by atoms with Gasteiger partial charge >= 0.3 is 0 Å². The van der Waals surface area contributed by atoms with Gasteiger partial charge in [-0.1, -0.05) is 25.1 Å². The smallest absolute Gasteiger partial charge is 0.0483 e. The lowest BCUT2D eigenvalue weighted by Gasteiger charge is -2.26. The monoisotopic (exact) mass is 214 g/mol. The molecule has 1 saturated heterocycles. The average molecular weight is 214 g/mol. The lowest BCUT2D eigenvalue weighted by Crippen LogP contribution is -2.36. The molecule has 2 bridgehead atoms. The third kappa shape index (κ3) is 1.80. The molecule has 0 aromatic heterocycles. The molecule has 2 aliphatic rings. The van der Waals surface area contributed by atoms with Crippen LogP contribution in [0.15, 0.2) is 42.1 Å². The van der Waals surface area contributed by atoms with Crippen LogP contribution in [0.2, 0.25) is 0 Å². The number of nitrogens with one attached hydrogen (secondary N) is 2. The molecule has 0 saturated carbocycles. The molecule has 0 amide bonds. The molecular weight excluding hydrogens is 196 g/mol. The summed E-state index contributed by atoms with van der Waals surface area (Å²) in [5.41, 5.74) is 2.65. The Labute approximate surface area is 96.7 Å². The Bertz CT molecular complexity index is 392. The normalized spacial score (nSPS) is 31.8. The highest BCUT2D eigenvalue weighted by molar-refractivity contribution is 5.45. The summed E-state index contributed by atoms with van der Waals surface area (Å²) in [5.74, 6) is 0.786. The summed E-state index contributed by atoms with van der Waals surface area (Å²) >= 11 is 0. The van der Waals surface area contributed by atoms with Crippen molar-refractivity contribution in [2.24, 2.45) is 5.92 Å². The van der Waals surface area contributed by atoms with Crippen LogP contribution in [0.3, 0.4) is 0 Å². The highest BCUT2D eigenvalue weighted by Gasteiger charge is 2.32. The summed E-state index contributed by atoms with van der Waals surface area (Å²) in [7, 11) is 0. The molecule has 2 heteroatoms. The number of benzene rings is 1. The standard InChI is InChI=1S/C14H18N2/c1-10-7-12-8-13(9-14(10)16-12)15-11-5-3-2-4-6-11/h2-6,8,10,13-16H,7,9H2,1H3/t10?,13-,14?/m0/s1. The van der Waals surface area contributed by atoms with Gasteiger partial charge in [0.2, 0.25) is 0 Å². The van der Waals surface area contributed by atoms with Crippen molar-refractivity contribution in [1.29, 1.82) is 0 Å². The maximum Gasteiger partial charge on any atom is 0.0483 e. The van der Waals surface area contributed by atoms with Gasteiger partial charge in [-0.25, -0.2) is 0 Å². The zero-order valence-electron chi connectivity index (χ0n) is 9.61. The van der Waals surface area contributed by atoms with Crippen molar-refractivity contribution in [3.05, 3.63) is 42.1 Å². The van der Waals surface area contributed by atoms with Gasteiger partial charge in [0.05, 0.1) is 0 Å². The second-order valence-corrected chi connectivity index (χ2v) is 4.98. The van der Waals surface area contributed by atoms with Gasteiger partial charge in [-0.3, -0.25) is 0 Å².